The zero-order valence-electron chi connectivity index (χ0n) is 14.3. The van der Waals surface area contributed by atoms with Crippen molar-refractivity contribution in [2.45, 2.75) is 26.7 Å². The van der Waals surface area contributed by atoms with Gasteiger partial charge in [0, 0.05) is 0 Å². The van der Waals surface area contributed by atoms with E-state index < -0.39 is 5.66 Å². The summed E-state index contributed by atoms with van der Waals surface area (Å²) in [5.41, 5.74) is 1.71. The average Bonchev–Trinajstić information content (AvgIpc) is 2.61. The summed E-state index contributed by atoms with van der Waals surface area (Å²) in [6, 6.07) is 21.8. The van der Waals surface area contributed by atoms with E-state index >= 15 is 0 Å². The molecule has 2 aromatic rings. The molecule has 0 heterocycles. The number of nitrogens with zero attached hydrogens (tertiary/aromatic N) is 1. The molecule has 0 N–H and O–H groups in total. The first kappa shape index (κ1) is 18.7. The summed E-state index contributed by atoms with van der Waals surface area (Å²) >= 11 is 3.67. The molecular weight excluding hydrogens is 364 g/mol. The SMILES string of the molecule is CCN(CC)P(=[Se])(CCc1ccccc1)CCc1ccccc1. The second-order valence-electron chi connectivity index (χ2n) is 5.90. The molecule has 0 amide bonds. The van der Waals surface area contributed by atoms with Crippen LogP contribution < -0.4 is 0 Å². The van der Waals surface area contributed by atoms with Crippen molar-refractivity contribution >= 4 is 20.8 Å². The predicted octanol–water partition coefficient (Wildman–Crippen LogP) is 4.83. The Balaban J connectivity index is 2.07. The Hall–Kier alpha value is -0.651. The first-order chi connectivity index (χ1) is 11.2. The number of benzene rings is 2. The monoisotopic (exact) mass is 393 g/mol. The normalized spacial score (nSPS) is 11.8. The van der Waals surface area contributed by atoms with Crippen LogP contribution in [0.25, 0.3) is 0 Å². The van der Waals surface area contributed by atoms with E-state index in [0.29, 0.717) is 0 Å². The van der Waals surface area contributed by atoms with Crippen LogP contribution in [-0.2, 0) is 12.8 Å². The second kappa shape index (κ2) is 9.60. The van der Waals surface area contributed by atoms with Gasteiger partial charge in [-0.25, -0.2) is 0 Å². The third-order valence-corrected chi connectivity index (χ3v) is 11.6. The van der Waals surface area contributed by atoms with E-state index in [2.05, 4.69) is 94.3 Å². The third-order valence-electron chi connectivity index (χ3n) is 4.43. The Labute approximate surface area is 149 Å². The number of rotatable bonds is 9. The van der Waals surface area contributed by atoms with Gasteiger partial charge in [0.15, 0.2) is 0 Å². The van der Waals surface area contributed by atoms with Crippen LogP contribution in [0.3, 0.4) is 0 Å². The molecule has 0 saturated heterocycles. The molecule has 0 aliphatic rings. The van der Waals surface area contributed by atoms with Crippen LogP contribution >= 0.6 is 5.66 Å². The van der Waals surface area contributed by atoms with Crippen molar-refractivity contribution in [3.8, 4) is 0 Å². The molecule has 2 rings (SSSR count). The third kappa shape index (κ3) is 5.73. The van der Waals surface area contributed by atoms with Gasteiger partial charge in [0.25, 0.3) is 0 Å². The Kier molecular flexibility index (Phi) is 7.80. The molecule has 0 fully saturated rings. The first-order valence-corrected chi connectivity index (χ1v) is 12.9. The van der Waals surface area contributed by atoms with Crippen LogP contribution in [0.1, 0.15) is 25.0 Å². The van der Waals surface area contributed by atoms with Gasteiger partial charge in [-0.1, -0.05) is 0 Å². The van der Waals surface area contributed by atoms with Gasteiger partial charge in [0.05, 0.1) is 0 Å². The predicted molar refractivity (Wildman–Crippen MR) is 106 cm³/mol. The Bertz CT molecular complexity index is 561. The molecule has 2 aromatic carbocycles. The van der Waals surface area contributed by atoms with Gasteiger partial charge in [-0.3, -0.25) is 0 Å². The Morgan fingerprint density at radius 1 is 0.739 bits per heavy atom. The molecule has 0 aromatic heterocycles. The quantitative estimate of drug-likeness (QED) is 0.437. The molecule has 0 atom stereocenters. The fourth-order valence-electron chi connectivity index (χ4n) is 3.03. The van der Waals surface area contributed by atoms with Crippen LogP contribution in [-0.4, -0.2) is 45.2 Å². The van der Waals surface area contributed by atoms with E-state index in [1.165, 1.54) is 36.3 Å². The van der Waals surface area contributed by atoms with Crippen LogP contribution in [0.2, 0.25) is 0 Å². The number of hydrogen-bond acceptors (Lipinski definition) is 1. The van der Waals surface area contributed by atoms with Crippen LogP contribution in [0.5, 0.6) is 0 Å². The van der Waals surface area contributed by atoms with Gasteiger partial charge in [0.2, 0.25) is 0 Å². The molecule has 0 unspecified atom stereocenters. The van der Waals surface area contributed by atoms with Gasteiger partial charge >= 0.3 is 149 Å². The molecule has 124 valence electrons. The number of hydrogen-bond donors (Lipinski definition) is 0. The molecule has 23 heavy (non-hydrogen) atoms. The minimum absolute atomic E-state index is 1.14. The summed E-state index contributed by atoms with van der Waals surface area (Å²) in [4.78, 5) is 0. The summed E-state index contributed by atoms with van der Waals surface area (Å²) in [7, 11) is 0. The molecule has 0 spiro atoms. The van der Waals surface area contributed by atoms with Crippen LogP contribution in [0, 0.1) is 0 Å². The van der Waals surface area contributed by atoms with E-state index in [-0.39, 0.29) is 0 Å². The van der Waals surface area contributed by atoms with Crippen molar-refractivity contribution in [1.82, 2.24) is 4.67 Å². The molecule has 0 aliphatic heterocycles. The standard InChI is InChI=1S/C20H28NPSe/c1-3-21(4-2)22(23,17-15-19-11-7-5-8-12-19)18-16-20-13-9-6-10-14-20/h5-14H,3-4,15-18H2,1-2H3. The topological polar surface area (TPSA) is 3.24 Å². The first-order valence-electron chi connectivity index (χ1n) is 8.59. The van der Waals surface area contributed by atoms with Crippen molar-refractivity contribution in [1.29, 1.82) is 0 Å². The van der Waals surface area contributed by atoms with E-state index in [0.717, 1.165) is 13.1 Å². The van der Waals surface area contributed by atoms with Crippen molar-refractivity contribution in [3.05, 3.63) is 71.8 Å². The van der Waals surface area contributed by atoms with Crippen molar-refractivity contribution < 1.29 is 0 Å². The molecule has 0 aliphatic carbocycles. The molecule has 0 saturated carbocycles. The van der Waals surface area contributed by atoms with Crippen molar-refractivity contribution in [3.63, 3.8) is 0 Å². The summed E-state index contributed by atoms with van der Waals surface area (Å²) in [6.45, 7) is 6.86. The summed E-state index contributed by atoms with van der Waals surface area (Å²) < 4.78 is 2.69. The average molecular weight is 392 g/mol. The molecule has 0 radical (unpaired) electrons. The summed E-state index contributed by atoms with van der Waals surface area (Å²) in [5.74, 6) is 0. The van der Waals surface area contributed by atoms with Gasteiger partial charge in [0.1, 0.15) is 0 Å². The van der Waals surface area contributed by atoms with Gasteiger partial charge in [-0.15, -0.1) is 0 Å². The molecular formula is C20H28NPSe. The summed E-state index contributed by atoms with van der Waals surface area (Å²) in [6.07, 6.45) is 4.89. The maximum atomic E-state index is 3.67. The zero-order chi connectivity index (χ0) is 16.5. The maximum absolute atomic E-state index is 3.67. The molecule has 3 heteroatoms. The van der Waals surface area contributed by atoms with E-state index in [1.807, 2.05) is 0 Å². The van der Waals surface area contributed by atoms with Crippen LogP contribution in [0.15, 0.2) is 60.7 Å². The van der Waals surface area contributed by atoms with Crippen LogP contribution in [0.4, 0.5) is 0 Å². The zero-order valence-corrected chi connectivity index (χ0v) is 16.9. The summed E-state index contributed by atoms with van der Waals surface area (Å²) in [5, 5.41) is 0. The molecule has 1 nitrogen and oxygen atoms in total. The molecule has 0 bridgehead atoms. The Morgan fingerprint density at radius 2 is 1.13 bits per heavy atom. The minimum atomic E-state index is -1.20. The van der Waals surface area contributed by atoms with Gasteiger partial charge in [-0.05, 0) is 0 Å². The van der Waals surface area contributed by atoms with E-state index in [9.17, 15) is 0 Å². The second-order valence-corrected chi connectivity index (χ2v) is 13.3. The Morgan fingerprint density at radius 3 is 1.48 bits per heavy atom. The van der Waals surface area contributed by atoms with Crippen molar-refractivity contribution in [2.24, 2.45) is 0 Å². The van der Waals surface area contributed by atoms with Gasteiger partial charge in [-0.2, -0.15) is 0 Å². The van der Waals surface area contributed by atoms with E-state index in [1.54, 1.807) is 0 Å². The van der Waals surface area contributed by atoms with Crippen molar-refractivity contribution in [2.75, 3.05) is 25.4 Å². The van der Waals surface area contributed by atoms with E-state index in [4.69, 9.17) is 0 Å². The van der Waals surface area contributed by atoms with Gasteiger partial charge < -0.3 is 0 Å². The fraction of sp³-hybridized carbons (Fsp3) is 0.400. The fourth-order valence-corrected chi connectivity index (χ4v) is 8.67. The number of aryl methyl sites for hydroxylation is 2.